The summed E-state index contributed by atoms with van der Waals surface area (Å²) in [6.45, 7) is 4.31. The maximum atomic E-state index is 10.4. The van der Waals surface area contributed by atoms with E-state index in [9.17, 15) is 10.2 Å². The normalized spacial score (nSPS) is 39.1. The molecule has 0 radical (unpaired) electrons. The molecule has 3 aliphatic rings. The first-order valence-corrected chi connectivity index (χ1v) is 8.29. The lowest BCUT2D eigenvalue weighted by Crippen LogP contribution is -2.51. The van der Waals surface area contributed by atoms with Gasteiger partial charge in [0.1, 0.15) is 12.2 Å². The van der Waals surface area contributed by atoms with E-state index in [4.69, 9.17) is 9.47 Å². The quantitative estimate of drug-likeness (QED) is 0.626. The SMILES string of the molecule is OCC1OC(CNC2CCOCC2)C(N2CCCC2)C1O. The molecule has 3 rings (SSSR count). The zero-order valence-electron chi connectivity index (χ0n) is 12.6. The predicted octanol–water partition coefficient (Wildman–Crippen LogP) is -0.660. The lowest BCUT2D eigenvalue weighted by atomic mass is 10.0. The van der Waals surface area contributed by atoms with Crippen LogP contribution in [-0.4, -0.2) is 85.0 Å². The number of ether oxygens (including phenoxy) is 2. The highest BCUT2D eigenvalue weighted by Crippen LogP contribution is 2.28. The summed E-state index contributed by atoms with van der Waals surface area (Å²) < 4.78 is 11.3. The van der Waals surface area contributed by atoms with Crippen LogP contribution < -0.4 is 5.32 Å². The highest BCUT2D eigenvalue weighted by molar-refractivity contribution is 4.99. The van der Waals surface area contributed by atoms with Crippen molar-refractivity contribution >= 4 is 0 Å². The van der Waals surface area contributed by atoms with E-state index < -0.39 is 12.2 Å². The van der Waals surface area contributed by atoms with Crippen LogP contribution in [0, 0.1) is 0 Å². The molecule has 3 saturated heterocycles. The van der Waals surface area contributed by atoms with Gasteiger partial charge in [0.15, 0.2) is 0 Å². The highest BCUT2D eigenvalue weighted by atomic mass is 16.5. The number of aliphatic hydroxyl groups excluding tert-OH is 2. The van der Waals surface area contributed by atoms with Crippen LogP contribution in [-0.2, 0) is 9.47 Å². The van der Waals surface area contributed by atoms with Crippen molar-refractivity contribution in [3.05, 3.63) is 0 Å². The van der Waals surface area contributed by atoms with Gasteiger partial charge in [-0.3, -0.25) is 4.90 Å². The third-order valence-corrected chi connectivity index (χ3v) is 5.03. The van der Waals surface area contributed by atoms with Gasteiger partial charge in [-0.1, -0.05) is 0 Å². The van der Waals surface area contributed by atoms with Crippen LogP contribution in [0.4, 0.5) is 0 Å². The Hall–Kier alpha value is -0.240. The molecule has 6 heteroatoms. The van der Waals surface area contributed by atoms with Crippen molar-refractivity contribution in [3.63, 3.8) is 0 Å². The second-order valence-corrected chi connectivity index (χ2v) is 6.41. The molecule has 6 nitrogen and oxygen atoms in total. The van der Waals surface area contributed by atoms with E-state index in [2.05, 4.69) is 10.2 Å². The van der Waals surface area contributed by atoms with Crippen LogP contribution in [0.1, 0.15) is 25.7 Å². The van der Waals surface area contributed by atoms with Crippen LogP contribution in [0.15, 0.2) is 0 Å². The van der Waals surface area contributed by atoms with E-state index in [-0.39, 0.29) is 18.8 Å². The Bertz CT molecular complexity index is 319. The topological polar surface area (TPSA) is 74.2 Å². The first-order chi connectivity index (χ1) is 10.3. The maximum absolute atomic E-state index is 10.4. The van der Waals surface area contributed by atoms with Gasteiger partial charge in [-0.2, -0.15) is 0 Å². The molecule has 0 aromatic rings. The predicted molar refractivity (Wildman–Crippen MR) is 78.2 cm³/mol. The van der Waals surface area contributed by atoms with Gasteiger partial charge >= 0.3 is 0 Å². The Kier molecular flexibility index (Phi) is 5.48. The molecule has 0 aromatic heterocycles. The van der Waals surface area contributed by atoms with Crippen molar-refractivity contribution in [1.82, 2.24) is 10.2 Å². The molecule has 21 heavy (non-hydrogen) atoms. The van der Waals surface area contributed by atoms with Gasteiger partial charge in [0.25, 0.3) is 0 Å². The summed E-state index contributed by atoms with van der Waals surface area (Å²) in [5.74, 6) is 0. The first-order valence-electron chi connectivity index (χ1n) is 8.29. The van der Waals surface area contributed by atoms with Crippen molar-refractivity contribution in [1.29, 1.82) is 0 Å². The number of aliphatic hydroxyl groups is 2. The summed E-state index contributed by atoms with van der Waals surface area (Å²) in [5.41, 5.74) is 0. The smallest absolute Gasteiger partial charge is 0.109 e. The van der Waals surface area contributed by atoms with E-state index in [1.165, 1.54) is 12.8 Å². The van der Waals surface area contributed by atoms with Gasteiger partial charge in [-0.05, 0) is 38.8 Å². The minimum absolute atomic E-state index is 0.0111. The van der Waals surface area contributed by atoms with Gasteiger partial charge in [-0.25, -0.2) is 0 Å². The molecule has 0 saturated carbocycles. The van der Waals surface area contributed by atoms with E-state index in [1.54, 1.807) is 0 Å². The summed E-state index contributed by atoms with van der Waals surface area (Å²) >= 11 is 0. The second-order valence-electron chi connectivity index (χ2n) is 6.41. The van der Waals surface area contributed by atoms with Crippen molar-refractivity contribution in [2.75, 3.05) is 39.5 Å². The molecule has 122 valence electrons. The Balaban J connectivity index is 1.57. The molecule has 0 spiro atoms. The largest absolute Gasteiger partial charge is 0.394 e. The third-order valence-electron chi connectivity index (χ3n) is 5.03. The molecule has 0 amide bonds. The van der Waals surface area contributed by atoms with Gasteiger partial charge in [0.2, 0.25) is 0 Å². The van der Waals surface area contributed by atoms with Gasteiger partial charge < -0.3 is 25.0 Å². The molecule has 4 unspecified atom stereocenters. The van der Waals surface area contributed by atoms with Crippen LogP contribution in [0.5, 0.6) is 0 Å². The summed E-state index contributed by atoms with van der Waals surface area (Å²) in [6.07, 6.45) is 3.37. The van der Waals surface area contributed by atoms with Crippen molar-refractivity contribution < 1.29 is 19.7 Å². The number of nitrogens with one attached hydrogen (secondary N) is 1. The van der Waals surface area contributed by atoms with Crippen LogP contribution >= 0.6 is 0 Å². The molecule has 3 heterocycles. The molecule has 0 bridgehead atoms. The van der Waals surface area contributed by atoms with Crippen LogP contribution in [0.3, 0.4) is 0 Å². The Morgan fingerprint density at radius 1 is 1.10 bits per heavy atom. The van der Waals surface area contributed by atoms with Crippen LogP contribution in [0.2, 0.25) is 0 Å². The van der Waals surface area contributed by atoms with E-state index in [0.29, 0.717) is 6.04 Å². The zero-order chi connectivity index (χ0) is 14.7. The minimum Gasteiger partial charge on any atom is -0.394 e. The number of hydrogen-bond acceptors (Lipinski definition) is 6. The van der Waals surface area contributed by atoms with Crippen LogP contribution in [0.25, 0.3) is 0 Å². The fourth-order valence-electron chi connectivity index (χ4n) is 3.82. The first kappa shape index (κ1) is 15.6. The number of hydrogen-bond donors (Lipinski definition) is 3. The molecule has 0 aliphatic carbocycles. The second kappa shape index (κ2) is 7.35. The third kappa shape index (κ3) is 3.57. The van der Waals surface area contributed by atoms with Gasteiger partial charge in [0.05, 0.1) is 18.8 Å². The molecule has 4 atom stereocenters. The summed E-state index contributed by atoms with van der Waals surface area (Å²) in [5, 5.41) is 23.4. The zero-order valence-corrected chi connectivity index (χ0v) is 12.6. The van der Waals surface area contributed by atoms with Gasteiger partial charge in [-0.15, -0.1) is 0 Å². The van der Waals surface area contributed by atoms with E-state index >= 15 is 0 Å². The lowest BCUT2D eigenvalue weighted by Gasteiger charge is -2.31. The average Bonchev–Trinajstić information content (AvgIpc) is 3.13. The van der Waals surface area contributed by atoms with E-state index in [0.717, 1.165) is 45.7 Å². The average molecular weight is 300 g/mol. The standard InChI is InChI=1S/C15H28N2O4/c18-10-13-15(19)14(17-5-1-2-6-17)12(21-13)9-16-11-3-7-20-8-4-11/h11-16,18-19H,1-10H2. The molecule has 3 aliphatic heterocycles. The fraction of sp³-hybridized carbons (Fsp3) is 1.00. The van der Waals surface area contributed by atoms with Gasteiger partial charge in [0, 0.05) is 25.8 Å². The number of likely N-dealkylation sites (tertiary alicyclic amines) is 1. The monoisotopic (exact) mass is 300 g/mol. The van der Waals surface area contributed by atoms with Crippen molar-refractivity contribution in [3.8, 4) is 0 Å². The van der Waals surface area contributed by atoms with E-state index in [1.807, 2.05) is 0 Å². The molecular formula is C15H28N2O4. The summed E-state index contributed by atoms with van der Waals surface area (Å²) in [4.78, 5) is 2.33. The fourth-order valence-corrected chi connectivity index (χ4v) is 3.82. The van der Waals surface area contributed by atoms with Crippen molar-refractivity contribution in [2.24, 2.45) is 0 Å². The Morgan fingerprint density at radius 2 is 1.81 bits per heavy atom. The summed E-state index contributed by atoms with van der Waals surface area (Å²) in [7, 11) is 0. The maximum Gasteiger partial charge on any atom is 0.109 e. The lowest BCUT2D eigenvalue weighted by molar-refractivity contribution is -0.0229. The minimum atomic E-state index is -0.588. The Labute approximate surface area is 126 Å². The molecule has 0 aromatic carbocycles. The number of rotatable bonds is 5. The van der Waals surface area contributed by atoms with Crippen molar-refractivity contribution in [2.45, 2.75) is 56.1 Å². The molecule has 3 fully saturated rings. The Morgan fingerprint density at radius 3 is 2.48 bits per heavy atom. The molecule has 3 N–H and O–H groups in total. The number of nitrogens with zero attached hydrogens (tertiary/aromatic N) is 1. The highest BCUT2D eigenvalue weighted by Gasteiger charge is 2.46. The molecular weight excluding hydrogens is 272 g/mol. The summed E-state index contributed by atoms with van der Waals surface area (Å²) in [6, 6.07) is 0.490.